The predicted octanol–water partition coefficient (Wildman–Crippen LogP) is 4.54. The summed E-state index contributed by atoms with van der Waals surface area (Å²) >= 11 is 3.33. The van der Waals surface area contributed by atoms with Crippen molar-refractivity contribution in [2.45, 2.75) is 6.92 Å². The molecule has 6 nitrogen and oxygen atoms in total. The number of aryl methyl sites for hydroxylation is 1. The lowest BCUT2D eigenvalue weighted by Gasteiger charge is -2.10. The summed E-state index contributed by atoms with van der Waals surface area (Å²) < 4.78 is 6.52. The fourth-order valence-electron chi connectivity index (χ4n) is 2.61. The number of amides is 2. The van der Waals surface area contributed by atoms with Crippen LogP contribution in [0.25, 0.3) is 0 Å². The van der Waals surface area contributed by atoms with Crippen LogP contribution >= 0.6 is 15.9 Å². The second kappa shape index (κ2) is 10.4. The minimum atomic E-state index is -0.324. The van der Waals surface area contributed by atoms with Crippen molar-refractivity contribution in [3.05, 3.63) is 94.0 Å². The van der Waals surface area contributed by atoms with Crippen LogP contribution in [0.4, 0.5) is 5.69 Å². The topological polar surface area (TPSA) is 79.8 Å². The molecule has 3 rings (SSSR count). The first-order valence-corrected chi connectivity index (χ1v) is 9.98. The smallest absolute Gasteiger partial charge is 0.271 e. The molecule has 3 aromatic rings. The van der Waals surface area contributed by atoms with Crippen LogP contribution in [0.1, 0.15) is 21.5 Å². The van der Waals surface area contributed by atoms with E-state index in [-0.39, 0.29) is 18.4 Å². The molecule has 2 amide bonds. The maximum Gasteiger partial charge on any atom is 0.271 e. The summed E-state index contributed by atoms with van der Waals surface area (Å²) in [5.41, 5.74) is 5.38. The molecule has 0 atom stereocenters. The van der Waals surface area contributed by atoms with Crippen molar-refractivity contribution in [1.82, 2.24) is 5.43 Å². The summed E-state index contributed by atoms with van der Waals surface area (Å²) in [6, 6.07) is 21.6. The van der Waals surface area contributed by atoms with Gasteiger partial charge in [0, 0.05) is 21.3 Å². The normalized spacial score (nSPS) is 10.6. The Kier molecular flexibility index (Phi) is 7.34. The average molecular weight is 466 g/mol. The van der Waals surface area contributed by atoms with Gasteiger partial charge in [0.2, 0.25) is 0 Å². The number of hydrogen-bond acceptors (Lipinski definition) is 4. The molecule has 0 unspecified atom stereocenters. The molecule has 0 aliphatic carbocycles. The van der Waals surface area contributed by atoms with Crippen molar-refractivity contribution >= 4 is 39.6 Å². The van der Waals surface area contributed by atoms with E-state index in [0.717, 1.165) is 10.0 Å². The molecular weight excluding hydrogens is 446 g/mol. The minimum absolute atomic E-state index is 0.149. The first-order chi connectivity index (χ1) is 14.5. The molecule has 3 aromatic carbocycles. The Balaban J connectivity index is 1.57. The van der Waals surface area contributed by atoms with Gasteiger partial charge in [-0.25, -0.2) is 5.43 Å². The monoisotopic (exact) mass is 465 g/mol. The van der Waals surface area contributed by atoms with Gasteiger partial charge in [-0.2, -0.15) is 5.10 Å². The Morgan fingerprint density at radius 3 is 2.57 bits per heavy atom. The van der Waals surface area contributed by atoms with E-state index < -0.39 is 0 Å². The number of hydrazone groups is 1. The van der Waals surface area contributed by atoms with Crippen molar-refractivity contribution in [1.29, 1.82) is 0 Å². The number of nitrogens with one attached hydrogen (secondary N) is 2. The number of ether oxygens (including phenoxy) is 1. The van der Waals surface area contributed by atoms with Gasteiger partial charge >= 0.3 is 0 Å². The largest absolute Gasteiger partial charge is 0.483 e. The van der Waals surface area contributed by atoms with Gasteiger partial charge < -0.3 is 10.1 Å². The summed E-state index contributed by atoms with van der Waals surface area (Å²) in [5.74, 6) is -0.107. The fourth-order valence-corrected chi connectivity index (χ4v) is 2.87. The zero-order chi connectivity index (χ0) is 21.3. The van der Waals surface area contributed by atoms with Crippen LogP contribution in [0.5, 0.6) is 5.75 Å². The number of carbonyl (C=O) groups is 2. The van der Waals surface area contributed by atoms with Crippen LogP contribution < -0.4 is 15.5 Å². The van der Waals surface area contributed by atoms with E-state index >= 15 is 0 Å². The van der Waals surface area contributed by atoms with E-state index in [1.807, 2.05) is 37.3 Å². The molecule has 7 heteroatoms. The van der Waals surface area contributed by atoms with Crippen molar-refractivity contribution in [3.8, 4) is 5.75 Å². The fraction of sp³-hybridized carbons (Fsp3) is 0.0870. The van der Waals surface area contributed by atoms with Gasteiger partial charge in [0.1, 0.15) is 5.75 Å². The van der Waals surface area contributed by atoms with Crippen LogP contribution in [0.3, 0.4) is 0 Å². The van der Waals surface area contributed by atoms with Gasteiger partial charge in [0.25, 0.3) is 11.8 Å². The zero-order valence-corrected chi connectivity index (χ0v) is 17.8. The molecule has 2 N–H and O–H groups in total. The van der Waals surface area contributed by atoms with E-state index in [1.54, 1.807) is 42.5 Å². The molecule has 0 aliphatic heterocycles. The Bertz CT molecular complexity index is 1070. The first kappa shape index (κ1) is 21.3. The highest BCUT2D eigenvalue weighted by Crippen LogP contribution is 2.16. The van der Waals surface area contributed by atoms with Gasteiger partial charge in [-0.05, 0) is 61.0 Å². The number of anilines is 1. The SMILES string of the molecule is Cc1cccc(NC(=O)COc2ccccc2/C=N/NC(=O)c2ccc(Br)cc2)c1. The summed E-state index contributed by atoms with van der Waals surface area (Å²) in [5, 5.41) is 6.78. The lowest BCUT2D eigenvalue weighted by atomic mass is 10.2. The first-order valence-electron chi connectivity index (χ1n) is 9.18. The molecule has 0 spiro atoms. The predicted molar refractivity (Wildman–Crippen MR) is 121 cm³/mol. The third kappa shape index (κ3) is 6.28. The van der Waals surface area contributed by atoms with Gasteiger partial charge in [-0.15, -0.1) is 0 Å². The number of halogens is 1. The number of benzene rings is 3. The average Bonchev–Trinajstić information content (AvgIpc) is 2.73. The Labute approximate surface area is 183 Å². The van der Waals surface area contributed by atoms with E-state index in [4.69, 9.17) is 4.74 Å². The Morgan fingerprint density at radius 2 is 1.80 bits per heavy atom. The number of hydrogen-bond donors (Lipinski definition) is 2. The summed E-state index contributed by atoms with van der Waals surface area (Å²) in [6.45, 7) is 1.81. The van der Waals surface area contributed by atoms with E-state index in [1.165, 1.54) is 6.21 Å². The summed E-state index contributed by atoms with van der Waals surface area (Å²) in [6.07, 6.45) is 1.48. The van der Waals surface area contributed by atoms with Crippen LogP contribution in [0, 0.1) is 6.92 Å². The van der Waals surface area contributed by atoms with Crippen LogP contribution in [-0.4, -0.2) is 24.6 Å². The molecule has 0 fully saturated rings. The Morgan fingerprint density at radius 1 is 1.03 bits per heavy atom. The van der Waals surface area contributed by atoms with Gasteiger partial charge in [-0.3, -0.25) is 9.59 Å². The molecule has 30 heavy (non-hydrogen) atoms. The summed E-state index contributed by atoms with van der Waals surface area (Å²) in [7, 11) is 0. The third-order valence-electron chi connectivity index (χ3n) is 4.06. The molecule has 152 valence electrons. The van der Waals surface area contributed by atoms with E-state index in [9.17, 15) is 9.59 Å². The lowest BCUT2D eigenvalue weighted by Crippen LogP contribution is -2.20. The number of para-hydroxylation sites is 1. The molecule has 0 heterocycles. The summed E-state index contributed by atoms with van der Waals surface area (Å²) in [4.78, 5) is 24.3. The van der Waals surface area contributed by atoms with E-state index in [0.29, 0.717) is 22.6 Å². The van der Waals surface area contributed by atoms with Crippen molar-refractivity contribution in [3.63, 3.8) is 0 Å². The highest BCUT2D eigenvalue weighted by atomic mass is 79.9. The van der Waals surface area contributed by atoms with Gasteiger partial charge in [-0.1, -0.05) is 40.2 Å². The zero-order valence-electron chi connectivity index (χ0n) is 16.3. The number of carbonyl (C=O) groups excluding carboxylic acids is 2. The second-order valence-electron chi connectivity index (χ2n) is 6.45. The maximum atomic E-state index is 12.2. The maximum absolute atomic E-state index is 12.2. The molecule has 0 saturated heterocycles. The molecule has 0 aliphatic rings. The van der Waals surface area contributed by atoms with E-state index in [2.05, 4.69) is 31.8 Å². The molecule has 0 aromatic heterocycles. The van der Waals surface area contributed by atoms with Gasteiger partial charge in [0.15, 0.2) is 6.61 Å². The highest BCUT2D eigenvalue weighted by molar-refractivity contribution is 9.10. The van der Waals surface area contributed by atoms with Crippen molar-refractivity contribution in [2.24, 2.45) is 5.10 Å². The number of nitrogens with zero attached hydrogens (tertiary/aromatic N) is 1. The van der Waals surface area contributed by atoms with Crippen molar-refractivity contribution in [2.75, 3.05) is 11.9 Å². The van der Waals surface area contributed by atoms with Crippen LogP contribution in [-0.2, 0) is 4.79 Å². The molecular formula is C23H20BrN3O3. The standard InChI is InChI=1S/C23H20BrN3O3/c1-16-5-4-7-20(13-16)26-22(28)15-30-21-8-3-2-6-18(21)14-25-27-23(29)17-9-11-19(24)12-10-17/h2-14H,15H2,1H3,(H,26,28)(H,27,29)/b25-14+. The van der Waals surface area contributed by atoms with Crippen LogP contribution in [0.15, 0.2) is 82.4 Å². The lowest BCUT2D eigenvalue weighted by molar-refractivity contribution is -0.118. The molecule has 0 radical (unpaired) electrons. The second-order valence-corrected chi connectivity index (χ2v) is 7.37. The number of rotatable bonds is 7. The van der Waals surface area contributed by atoms with Crippen molar-refractivity contribution < 1.29 is 14.3 Å². The molecule has 0 bridgehead atoms. The minimum Gasteiger partial charge on any atom is -0.483 e. The third-order valence-corrected chi connectivity index (χ3v) is 4.58. The Hall–Kier alpha value is -3.45. The highest BCUT2D eigenvalue weighted by Gasteiger charge is 2.07. The van der Waals surface area contributed by atoms with Crippen LogP contribution in [0.2, 0.25) is 0 Å². The molecule has 0 saturated carbocycles. The van der Waals surface area contributed by atoms with Gasteiger partial charge in [0.05, 0.1) is 6.21 Å². The quantitative estimate of drug-likeness (QED) is 0.397.